The summed E-state index contributed by atoms with van der Waals surface area (Å²) in [5.74, 6) is -0.0564. The zero-order valence-corrected chi connectivity index (χ0v) is 17.8. The van der Waals surface area contributed by atoms with E-state index in [9.17, 15) is 4.79 Å². The minimum absolute atomic E-state index is 0.0564. The maximum Gasteiger partial charge on any atom is 0.255 e. The maximum absolute atomic E-state index is 12.6. The monoisotopic (exact) mass is 463 g/mol. The molecule has 138 valence electrons. The van der Waals surface area contributed by atoms with Crippen molar-refractivity contribution in [1.29, 1.82) is 0 Å². The summed E-state index contributed by atoms with van der Waals surface area (Å²) in [4.78, 5) is 17.4. The van der Waals surface area contributed by atoms with Crippen LogP contribution in [0.2, 0.25) is 0 Å². The van der Waals surface area contributed by atoms with Gasteiger partial charge in [0.25, 0.3) is 5.91 Å². The molecule has 3 rings (SSSR count). The first-order chi connectivity index (χ1) is 12.4. The molecule has 4 nitrogen and oxygen atoms in total. The van der Waals surface area contributed by atoms with Crippen molar-refractivity contribution in [3.05, 3.63) is 62.2 Å². The summed E-state index contributed by atoms with van der Waals surface area (Å²) in [6.45, 7) is 9.47. The van der Waals surface area contributed by atoms with E-state index in [0.717, 1.165) is 42.0 Å². The highest BCUT2D eigenvalue weighted by Crippen LogP contribution is 2.19. The number of nitrogens with one attached hydrogen (secondary N) is 1. The van der Waals surface area contributed by atoms with Gasteiger partial charge in [0.1, 0.15) is 0 Å². The van der Waals surface area contributed by atoms with Gasteiger partial charge in [0.2, 0.25) is 0 Å². The minimum atomic E-state index is -0.0564. The molecule has 0 saturated carbocycles. The van der Waals surface area contributed by atoms with Gasteiger partial charge in [-0.25, -0.2) is 0 Å². The fourth-order valence-corrected chi connectivity index (χ4v) is 3.74. The molecule has 26 heavy (non-hydrogen) atoms. The van der Waals surface area contributed by atoms with E-state index >= 15 is 0 Å². The molecule has 0 aliphatic carbocycles. The molecule has 2 aromatic carbocycles. The summed E-state index contributed by atoms with van der Waals surface area (Å²) < 4.78 is 1.11. The minimum Gasteiger partial charge on any atom is -0.322 e. The van der Waals surface area contributed by atoms with Crippen molar-refractivity contribution >= 4 is 34.2 Å². The van der Waals surface area contributed by atoms with Gasteiger partial charge in [0.15, 0.2) is 0 Å². The largest absolute Gasteiger partial charge is 0.322 e. The molecule has 1 aliphatic rings. The van der Waals surface area contributed by atoms with E-state index in [1.54, 1.807) is 0 Å². The highest BCUT2D eigenvalue weighted by Gasteiger charge is 2.15. The standard InChI is InChI=1S/C21H26IN3O/c1-15-10-17(14-25-8-6-24(3)7-9-25)12-19(11-15)23-21(26)18-5-4-16(2)20(22)13-18/h4-5,10-13H,6-9,14H2,1-3H3,(H,23,26). The Morgan fingerprint density at radius 1 is 1.08 bits per heavy atom. The highest BCUT2D eigenvalue weighted by atomic mass is 127. The first kappa shape index (κ1) is 19.3. The van der Waals surface area contributed by atoms with Crippen molar-refractivity contribution in [2.45, 2.75) is 20.4 Å². The number of amides is 1. The lowest BCUT2D eigenvalue weighted by Crippen LogP contribution is -2.43. The second-order valence-corrected chi connectivity index (χ2v) is 8.37. The third kappa shape index (κ3) is 5.05. The third-order valence-electron chi connectivity index (χ3n) is 4.83. The lowest BCUT2D eigenvalue weighted by Gasteiger charge is -2.32. The number of anilines is 1. The Labute approximate surface area is 169 Å². The Bertz CT molecular complexity index is 798. The Hall–Kier alpha value is -1.44. The molecule has 1 fully saturated rings. The van der Waals surface area contributed by atoms with Crippen LogP contribution in [0.3, 0.4) is 0 Å². The smallest absolute Gasteiger partial charge is 0.255 e. The van der Waals surface area contributed by atoms with E-state index in [1.807, 2.05) is 24.3 Å². The molecule has 1 amide bonds. The second-order valence-electron chi connectivity index (χ2n) is 7.20. The van der Waals surface area contributed by atoms with Gasteiger partial charge in [0.05, 0.1) is 0 Å². The lowest BCUT2D eigenvalue weighted by atomic mass is 10.1. The first-order valence-corrected chi connectivity index (χ1v) is 10.1. The summed E-state index contributed by atoms with van der Waals surface area (Å²) in [6, 6.07) is 12.2. The second kappa shape index (κ2) is 8.50. The van der Waals surface area contributed by atoms with Crippen LogP contribution >= 0.6 is 22.6 Å². The van der Waals surface area contributed by atoms with E-state index in [4.69, 9.17) is 0 Å². The zero-order chi connectivity index (χ0) is 18.7. The molecule has 0 spiro atoms. The van der Waals surface area contributed by atoms with Crippen LogP contribution in [0.5, 0.6) is 0 Å². The SMILES string of the molecule is Cc1cc(CN2CCN(C)CC2)cc(NC(=O)c2ccc(C)c(I)c2)c1. The molecule has 1 heterocycles. The van der Waals surface area contributed by atoms with Crippen LogP contribution in [0.4, 0.5) is 5.69 Å². The van der Waals surface area contributed by atoms with Gasteiger partial charge in [-0.3, -0.25) is 9.69 Å². The summed E-state index contributed by atoms with van der Waals surface area (Å²) in [5, 5.41) is 3.06. The van der Waals surface area contributed by atoms with Crippen LogP contribution < -0.4 is 5.32 Å². The van der Waals surface area contributed by atoms with Gasteiger partial charge in [-0.15, -0.1) is 0 Å². The van der Waals surface area contributed by atoms with E-state index < -0.39 is 0 Å². The number of hydrogen-bond acceptors (Lipinski definition) is 3. The average molecular weight is 463 g/mol. The Balaban J connectivity index is 1.70. The third-order valence-corrected chi connectivity index (χ3v) is 5.99. The van der Waals surface area contributed by atoms with E-state index in [2.05, 4.69) is 70.7 Å². The van der Waals surface area contributed by atoms with Crippen LogP contribution in [-0.4, -0.2) is 48.9 Å². The van der Waals surface area contributed by atoms with Crippen molar-refractivity contribution in [3.63, 3.8) is 0 Å². The number of aryl methyl sites for hydroxylation is 2. The number of carbonyl (C=O) groups excluding carboxylic acids is 1. The summed E-state index contributed by atoms with van der Waals surface area (Å²) >= 11 is 2.27. The number of halogens is 1. The highest BCUT2D eigenvalue weighted by molar-refractivity contribution is 14.1. The van der Waals surface area contributed by atoms with Crippen LogP contribution in [0.1, 0.15) is 27.0 Å². The Morgan fingerprint density at radius 3 is 2.50 bits per heavy atom. The fourth-order valence-electron chi connectivity index (χ4n) is 3.23. The number of rotatable bonds is 4. The van der Waals surface area contributed by atoms with Gasteiger partial charge in [-0.2, -0.15) is 0 Å². The van der Waals surface area contributed by atoms with Gasteiger partial charge in [0, 0.05) is 47.5 Å². The number of hydrogen-bond donors (Lipinski definition) is 1. The average Bonchev–Trinajstić information content (AvgIpc) is 2.59. The molecular weight excluding hydrogens is 437 g/mol. The molecule has 0 unspecified atom stereocenters. The van der Waals surface area contributed by atoms with Crippen molar-refractivity contribution < 1.29 is 4.79 Å². The number of carbonyl (C=O) groups is 1. The fraction of sp³-hybridized carbons (Fsp3) is 0.381. The molecule has 5 heteroatoms. The quantitative estimate of drug-likeness (QED) is 0.699. The lowest BCUT2D eigenvalue weighted by molar-refractivity contribution is 0.102. The molecule has 0 radical (unpaired) electrons. The topological polar surface area (TPSA) is 35.6 Å². The molecular formula is C21H26IN3O. The van der Waals surface area contributed by atoms with Crippen molar-refractivity contribution in [2.24, 2.45) is 0 Å². The van der Waals surface area contributed by atoms with Crippen molar-refractivity contribution in [2.75, 3.05) is 38.5 Å². The number of piperazine rings is 1. The van der Waals surface area contributed by atoms with Gasteiger partial charge < -0.3 is 10.2 Å². The van der Waals surface area contributed by atoms with Crippen LogP contribution in [0.15, 0.2) is 36.4 Å². The molecule has 1 N–H and O–H groups in total. The van der Waals surface area contributed by atoms with Crippen LogP contribution in [-0.2, 0) is 6.54 Å². The molecule has 2 aromatic rings. The van der Waals surface area contributed by atoms with E-state index in [1.165, 1.54) is 16.7 Å². The summed E-state index contributed by atoms with van der Waals surface area (Å²) in [5.41, 5.74) is 5.18. The van der Waals surface area contributed by atoms with Crippen molar-refractivity contribution in [3.8, 4) is 0 Å². The summed E-state index contributed by atoms with van der Waals surface area (Å²) in [6.07, 6.45) is 0. The molecule has 0 atom stereocenters. The van der Waals surface area contributed by atoms with Crippen LogP contribution in [0.25, 0.3) is 0 Å². The number of likely N-dealkylation sites (N-methyl/N-ethyl adjacent to an activating group) is 1. The van der Waals surface area contributed by atoms with E-state index in [0.29, 0.717) is 5.56 Å². The van der Waals surface area contributed by atoms with Crippen molar-refractivity contribution in [1.82, 2.24) is 9.80 Å². The first-order valence-electron chi connectivity index (χ1n) is 9.00. The normalized spacial score (nSPS) is 15.8. The molecule has 1 aliphatic heterocycles. The number of benzene rings is 2. The van der Waals surface area contributed by atoms with Gasteiger partial charge >= 0.3 is 0 Å². The predicted octanol–water partition coefficient (Wildman–Crippen LogP) is 3.91. The summed E-state index contributed by atoms with van der Waals surface area (Å²) in [7, 11) is 2.17. The molecule has 0 aromatic heterocycles. The van der Waals surface area contributed by atoms with E-state index in [-0.39, 0.29) is 5.91 Å². The van der Waals surface area contributed by atoms with Crippen LogP contribution in [0, 0.1) is 17.4 Å². The molecule has 1 saturated heterocycles. The van der Waals surface area contributed by atoms with Gasteiger partial charge in [-0.1, -0.05) is 12.1 Å². The Kier molecular flexibility index (Phi) is 6.32. The Morgan fingerprint density at radius 2 is 1.81 bits per heavy atom. The number of nitrogens with zero attached hydrogens (tertiary/aromatic N) is 2. The molecule has 0 bridgehead atoms. The van der Waals surface area contributed by atoms with Gasteiger partial charge in [-0.05, 0) is 84.4 Å². The predicted molar refractivity (Wildman–Crippen MR) is 116 cm³/mol. The zero-order valence-electron chi connectivity index (χ0n) is 15.7. The maximum atomic E-state index is 12.6.